The summed E-state index contributed by atoms with van der Waals surface area (Å²) in [5, 5.41) is 7.81. The SMILES string of the molecule is COCCNc1ccc2ncc(-c3ccccc3OC)n2n1. The molecule has 0 amide bonds. The molecule has 0 aliphatic carbocycles. The molecule has 0 radical (unpaired) electrons. The van der Waals surface area contributed by atoms with Crippen molar-refractivity contribution in [3.63, 3.8) is 0 Å². The third kappa shape index (κ3) is 2.73. The van der Waals surface area contributed by atoms with Crippen LogP contribution in [-0.4, -0.2) is 42.0 Å². The minimum Gasteiger partial charge on any atom is -0.496 e. The predicted octanol–water partition coefficient (Wildman–Crippen LogP) is 2.46. The number of fused-ring (bicyclic) bond motifs is 1. The zero-order valence-electron chi connectivity index (χ0n) is 12.6. The van der Waals surface area contributed by atoms with Crippen LogP contribution in [0.5, 0.6) is 5.75 Å². The van der Waals surface area contributed by atoms with Crippen molar-refractivity contribution >= 4 is 11.5 Å². The van der Waals surface area contributed by atoms with Crippen molar-refractivity contribution in [1.82, 2.24) is 14.6 Å². The van der Waals surface area contributed by atoms with Crippen LogP contribution in [0.25, 0.3) is 16.9 Å². The van der Waals surface area contributed by atoms with Gasteiger partial charge in [0.25, 0.3) is 0 Å². The van der Waals surface area contributed by atoms with Crippen LogP contribution in [0.2, 0.25) is 0 Å². The molecule has 0 bridgehead atoms. The fourth-order valence-corrected chi connectivity index (χ4v) is 2.29. The summed E-state index contributed by atoms with van der Waals surface area (Å²) in [4.78, 5) is 4.40. The second kappa shape index (κ2) is 6.44. The molecule has 2 heterocycles. The Morgan fingerprint density at radius 1 is 1.14 bits per heavy atom. The van der Waals surface area contributed by atoms with Crippen LogP contribution in [0.4, 0.5) is 5.82 Å². The monoisotopic (exact) mass is 298 g/mol. The maximum atomic E-state index is 5.43. The molecule has 22 heavy (non-hydrogen) atoms. The number of methoxy groups -OCH3 is 2. The highest BCUT2D eigenvalue weighted by atomic mass is 16.5. The summed E-state index contributed by atoms with van der Waals surface area (Å²) in [7, 11) is 3.33. The van der Waals surface area contributed by atoms with E-state index in [0.29, 0.717) is 13.2 Å². The van der Waals surface area contributed by atoms with E-state index >= 15 is 0 Å². The molecule has 0 aliphatic heterocycles. The number of rotatable bonds is 6. The lowest BCUT2D eigenvalue weighted by molar-refractivity contribution is 0.210. The van der Waals surface area contributed by atoms with Crippen LogP contribution in [-0.2, 0) is 4.74 Å². The highest BCUT2D eigenvalue weighted by Gasteiger charge is 2.11. The number of para-hydroxylation sites is 1. The molecule has 0 saturated heterocycles. The molecule has 0 aliphatic rings. The minimum atomic E-state index is 0.628. The van der Waals surface area contributed by atoms with E-state index in [4.69, 9.17) is 9.47 Å². The number of hydrogen-bond donors (Lipinski definition) is 1. The third-order valence-corrected chi connectivity index (χ3v) is 3.36. The number of nitrogens with zero attached hydrogens (tertiary/aromatic N) is 3. The Hall–Kier alpha value is -2.60. The lowest BCUT2D eigenvalue weighted by Crippen LogP contribution is -2.10. The van der Waals surface area contributed by atoms with Crippen molar-refractivity contribution in [2.45, 2.75) is 0 Å². The van der Waals surface area contributed by atoms with Crippen LogP contribution in [0.15, 0.2) is 42.6 Å². The van der Waals surface area contributed by atoms with Crippen molar-refractivity contribution in [2.75, 3.05) is 32.7 Å². The second-order valence-electron chi connectivity index (χ2n) is 4.75. The fraction of sp³-hybridized carbons (Fsp3) is 0.250. The summed E-state index contributed by atoms with van der Waals surface area (Å²) in [6.45, 7) is 1.33. The fourth-order valence-electron chi connectivity index (χ4n) is 2.29. The second-order valence-corrected chi connectivity index (χ2v) is 4.75. The van der Waals surface area contributed by atoms with Gasteiger partial charge in [-0.2, -0.15) is 0 Å². The molecule has 2 aromatic heterocycles. The predicted molar refractivity (Wildman–Crippen MR) is 85.3 cm³/mol. The first-order valence-electron chi connectivity index (χ1n) is 7.04. The molecule has 3 rings (SSSR count). The molecule has 1 N–H and O–H groups in total. The molecular formula is C16H18N4O2. The maximum absolute atomic E-state index is 5.43. The van der Waals surface area contributed by atoms with Gasteiger partial charge >= 0.3 is 0 Å². The number of nitrogens with one attached hydrogen (secondary N) is 1. The minimum absolute atomic E-state index is 0.628. The van der Waals surface area contributed by atoms with Crippen LogP contribution in [0.1, 0.15) is 0 Å². The Kier molecular flexibility index (Phi) is 4.20. The van der Waals surface area contributed by atoms with Crippen molar-refractivity contribution < 1.29 is 9.47 Å². The molecule has 0 spiro atoms. The van der Waals surface area contributed by atoms with Gasteiger partial charge in [-0.15, -0.1) is 5.10 Å². The van der Waals surface area contributed by atoms with Gasteiger partial charge in [0, 0.05) is 19.2 Å². The number of imidazole rings is 1. The molecule has 6 heteroatoms. The maximum Gasteiger partial charge on any atom is 0.154 e. The van der Waals surface area contributed by atoms with E-state index in [-0.39, 0.29) is 0 Å². The van der Waals surface area contributed by atoms with Crippen molar-refractivity contribution in [3.05, 3.63) is 42.6 Å². The van der Waals surface area contributed by atoms with E-state index in [0.717, 1.165) is 28.5 Å². The van der Waals surface area contributed by atoms with Crippen molar-refractivity contribution in [1.29, 1.82) is 0 Å². The number of benzene rings is 1. The summed E-state index contributed by atoms with van der Waals surface area (Å²) in [5.74, 6) is 1.57. The van der Waals surface area contributed by atoms with Gasteiger partial charge in [-0.3, -0.25) is 0 Å². The first kappa shape index (κ1) is 14.3. The topological polar surface area (TPSA) is 60.7 Å². The Morgan fingerprint density at radius 3 is 2.82 bits per heavy atom. The highest BCUT2D eigenvalue weighted by Crippen LogP contribution is 2.29. The number of anilines is 1. The zero-order chi connectivity index (χ0) is 15.4. The van der Waals surface area contributed by atoms with Gasteiger partial charge in [0.1, 0.15) is 11.6 Å². The van der Waals surface area contributed by atoms with E-state index in [1.54, 1.807) is 20.4 Å². The van der Waals surface area contributed by atoms with Gasteiger partial charge in [-0.1, -0.05) is 12.1 Å². The Morgan fingerprint density at radius 2 is 2.00 bits per heavy atom. The molecule has 0 fully saturated rings. The van der Waals surface area contributed by atoms with E-state index in [9.17, 15) is 0 Å². The van der Waals surface area contributed by atoms with Gasteiger partial charge in [0.15, 0.2) is 5.65 Å². The lowest BCUT2D eigenvalue weighted by Gasteiger charge is -2.09. The van der Waals surface area contributed by atoms with Gasteiger partial charge in [0.2, 0.25) is 0 Å². The molecule has 3 aromatic rings. The van der Waals surface area contributed by atoms with E-state index in [1.807, 2.05) is 40.9 Å². The van der Waals surface area contributed by atoms with Crippen LogP contribution >= 0.6 is 0 Å². The number of aromatic nitrogens is 3. The first-order valence-corrected chi connectivity index (χ1v) is 7.04. The van der Waals surface area contributed by atoms with Crippen molar-refractivity contribution in [2.24, 2.45) is 0 Å². The van der Waals surface area contributed by atoms with E-state index < -0.39 is 0 Å². The van der Waals surface area contributed by atoms with E-state index in [1.165, 1.54) is 0 Å². The van der Waals surface area contributed by atoms with Gasteiger partial charge in [0.05, 0.1) is 25.6 Å². The van der Waals surface area contributed by atoms with Crippen LogP contribution in [0.3, 0.4) is 0 Å². The lowest BCUT2D eigenvalue weighted by atomic mass is 10.1. The summed E-state index contributed by atoms with van der Waals surface area (Å²) in [6, 6.07) is 11.7. The molecule has 0 unspecified atom stereocenters. The van der Waals surface area contributed by atoms with Gasteiger partial charge < -0.3 is 14.8 Å². The zero-order valence-corrected chi connectivity index (χ0v) is 12.6. The molecule has 0 saturated carbocycles. The Labute approximate surface area is 128 Å². The van der Waals surface area contributed by atoms with Gasteiger partial charge in [-0.25, -0.2) is 9.50 Å². The Balaban J connectivity index is 2.01. The van der Waals surface area contributed by atoms with Gasteiger partial charge in [-0.05, 0) is 24.3 Å². The quantitative estimate of drug-likeness (QED) is 0.708. The summed E-state index contributed by atoms with van der Waals surface area (Å²) < 4.78 is 12.3. The van der Waals surface area contributed by atoms with Crippen LogP contribution in [0, 0.1) is 0 Å². The molecule has 1 aromatic carbocycles. The molecular weight excluding hydrogens is 280 g/mol. The smallest absolute Gasteiger partial charge is 0.154 e. The average Bonchev–Trinajstić information content (AvgIpc) is 2.98. The largest absolute Gasteiger partial charge is 0.496 e. The van der Waals surface area contributed by atoms with Crippen LogP contribution < -0.4 is 10.1 Å². The average molecular weight is 298 g/mol. The summed E-state index contributed by atoms with van der Waals surface area (Å²) in [6.07, 6.45) is 1.80. The molecule has 0 atom stereocenters. The first-order chi connectivity index (χ1) is 10.8. The van der Waals surface area contributed by atoms with Crippen molar-refractivity contribution in [3.8, 4) is 17.0 Å². The highest BCUT2D eigenvalue weighted by molar-refractivity contribution is 5.69. The normalized spacial score (nSPS) is 10.8. The standard InChI is InChI=1S/C16H18N4O2/c1-21-10-9-17-15-7-8-16-18-11-13(20(16)19-15)12-5-3-4-6-14(12)22-2/h3-8,11H,9-10H2,1-2H3,(H,17,19). The molecule has 6 nitrogen and oxygen atoms in total. The molecule has 114 valence electrons. The van der Waals surface area contributed by atoms with E-state index in [2.05, 4.69) is 15.4 Å². The number of hydrogen-bond acceptors (Lipinski definition) is 5. The summed E-state index contributed by atoms with van der Waals surface area (Å²) >= 11 is 0. The summed E-state index contributed by atoms with van der Waals surface area (Å²) in [5.41, 5.74) is 2.64. The third-order valence-electron chi connectivity index (χ3n) is 3.36. The number of ether oxygens (including phenoxy) is 2. The Bertz CT molecular complexity index is 770.